The molecule has 8 nitrogen and oxygen atoms in total. The summed E-state index contributed by atoms with van der Waals surface area (Å²) in [4.78, 5) is 22.5. The van der Waals surface area contributed by atoms with E-state index in [2.05, 4.69) is 6.07 Å². The van der Waals surface area contributed by atoms with Crippen molar-refractivity contribution in [1.29, 1.82) is 5.26 Å². The number of benzene rings is 1. The van der Waals surface area contributed by atoms with E-state index in [9.17, 15) is 5.26 Å². The van der Waals surface area contributed by atoms with Gasteiger partial charge in [0.25, 0.3) is 0 Å². The minimum absolute atomic E-state index is 0.563. The highest BCUT2D eigenvalue weighted by Crippen LogP contribution is 2.33. The van der Waals surface area contributed by atoms with Gasteiger partial charge in [0.1, 0.15) is 34.9 Å². The minimum Gasteiger partial charge on any atom is -0.329 e. The Morgan fingerprint density at radius 3 is 1.18 bits per heavy atom. The van der Waals surface area contributed by atoms with Gasteiger partial charge in [-0.2, -0.15) is 5.26 Å². The van der Waals surface area contributed by atoms with Gasteiger partial charge in [-0.1, -0.05) is 18.2 Å². The summed E-state index contributed by atoms with van der Waals surface area (Å²) in [6.45, 7) is 0. The zero-order chi connectivity index (χ0) is 23.8. The van der Waals surface area contributed by atoms with Crippen LogP contribution in [0.1, 0.15) is 5.56 Å². The first-order valence-corrected chi connectivity index (χ1v) is 10.9. The second-order valence-corrected chi connectivity index (χ2v) is 8.15. The van der Waals surface area contributed by atoms with Crippen molar-refractivity contribution in [2.24, 2.45) is 0 Å². The van der Waals surface area contributed by atoms with E-state index in [0.717, 1.165) is 46.3 Å². The van der Waals surface area contributed by atoms with Gasteiger partial charge in [-0.25, -0.2) is 15.0 Å². The third-order valence-electron chi connectivity index (χ3n) is 6.03. The van der Waals surface area contributed by atoms with Crippen molar-refractivity contribution in [1.82, 2.24) is 15.0 Å². The molecule has 8 heteroatoms. The summed E-state index contributed by atoms with van der Waals surface area (Å²) >= 11 is 0. The van der Waals surface area contributed by atoms with Crippen molar-refractivity contribution >= 4 is 46.3 Å². The molecule has 1 aromatic carbocycles. The topological polar surface area (TPSA) is 75.4 Å². The molecule has 0 N–H and O–H groups in total. The van der Waals surface area contributed by atoms with Gasteiger partial charge in [0.2, 0.25) is 0 Å². The lowest BCUT2D eigenvalue weighted by molar-refractivity contribution is 1.02. The van der Waals surface area contributed by atoms with Crippen LogP contribution in [0.15, 0.2) is 72.8 Å². The van der Waals surface area contributed by atoms with E-state index in [4.69, 9.17) is 15.0 Å². The van der Waals surface area contributed by atoms with Gasteiger partial charge in [0.15, 0.2) is 0 Å². The second-order valence-electron chi connectivity index (χ2n) is 8.15. The first-order valence-electron chi connectivity index (χ1n) is 10.9. The van der Waals surface area contributed by atoms with Crippen LogP contribution >= 0.6 is 0 Å². The molecule has 8 bridgehead atoms. The van der Waals surface area contributed by atoms with Crippen LogP contribution in [0.25, 0.3) is 0 Å². The lowest BCUT2D eigenvalue weighted by atomic mass is 10.1. The van der Waals surface area contributed by atoms with E-state index in [1.165, 1.54) is 0 Å². The van der Waals surface area contributed by atoms with Gasteiger partial charge in [-0.3, -0.25) is 0 Å². The van der Waals surface area contributed by atoms with Crippen LogP contribution in [0.3, 0.4) is 0 Å². The molecule has 0 aliphatic carbocycles. The molecule has 0 fully saturated rings. The molecule has 1 aliphatic rings. The van der Waals surface area contributed by atoms with Gasteiger partial charge in [0.05, 0.1) is 11.6 Å². The number of pyridine rings is 3. The van der Waals surface area contributed by atoms with Crippen molar-refractivity contribution in [2.45, 2.75) is 0 Å². The number of hydrogen-bond donors (Lipinski definition) is 0. The molecule has 0 amide bonds. The van der Waals surface area contributed by atoms with Gasteiger partial charge >= 0.3 is 0 Å². The number of rotatable bonds is 0. The first kappa shape index (κ1) is 21.2. The Morgan fingerprint density at radius 2 is 0.853 bits per heavy atom. The normalized spacial score (nSPS) is 13.0. The van der Waals surface area contributed by atoms with E-state index in [-0.39, 0.29) is 0 Å². The predicted octanol–water partition coefficient (Wildman–Crippen LogP) is 5.13. The number of fused-ring (bicyclic) bond motifs is 8. The van der Waals surface area contributed by atoms with Crippen molar-refractivity contribution in [3.8, 4) is 6.07 Å². The van der Waals surface area contributed by atoms with Gasteiger partial charge in [-0.15, -0.1) is 0 Å². The van der Waals surface area contributed by atoms with Crippen LogP contribution in [-0.2, 0) is 0 Å². The van der Waals surface area contributed by atoms with E-state index >= 15 is 0 Å². The van der Waals surface area contributed by atoms with Crippen LogP contribution in [0.2, 0.25) is 0 Å². The molecular weight excluding hydrogens is 424 g/mol. The fraction of sp³-hybridized carbons (Fsp3) is 0.154. The average Bonchev–Trinajstić information content (AvgIpc) is 2.90. The molecule has 168 valence electrons. The maximum Gasteiger partial charge on any atom is 0.136 e. The van der Waals surface area contributed by atoms with Gasteiger partial charge in [0, 0.05) is 39.6 Å². The molecule has 0 saturated carbocycles. The molecule has 0 atom stereocenters. The van der Waals surface area contributed by atoms with E-state index in [0.29, 0.717) is 5.56 Å². The Bertz CT molecular complexity index is 1320. The number of nitrogens with zero attached hydrogens (tertiary/aromatic N) is 8. The Hall–Kier alpha value is -4.64. The molecule has 0 radical (unpaired) electrons. The highest BCUT2D eigenvalue weighted by atomic mass is 15.3. The minimum atomic E-state index is 0.563. The third kappa shape index (κ3) is 3.73. The molecule has 4 aromatic rings. The zero-order valence-corrected chi connectivity index (χ0v) is 19.5. The number of aromatic nitrogens is 3. The van der Waals surface area contributed by atoms with Crippen LogP contribution < -0.4 is 19.6 Å². The fourth-order valence-corrected chi connectivity index (χ4v) is 3.90. The van der Waals surface area contributed by atoms with Gasteiger partial charge in [-0.05, 0) is 54.6 Å². The summed E-state index contributed by atoms with van der Waals surface area (Å²) in [6.07, 6.45) is 0. The molecule has 0 saturated heterocycles. The van der Waals surface area contributed by atoms with Crippen molar-refractivity contribution < 1.29 is 0 Å². The summed E-state index contributed by atoms with van der Waals surface area (Å²) in [7, 11) is 7.79. The largest absolute Gasteiger partial charge is 0.329 e. The molecule has 0 spiro atoms. The van der Waals surface area contributed by atoms with E-state index in [1.807, 2.05) is 121 Å². The smallest absolute Gasteiger partial charge is 0.136 e. The Morgan fingerprint density at radius 1 is 0.529 bits per heavy atom. The number of nitriles is 1. The molecule has 4 heterocycles. The number of hydrogen-bond acceptors (Lipinski definition) is 8. The zero-order valence-electron chi connectivity index (χ0n) is 19.5. The molecule has 1 aliphatic heterocycles. The highest BCUT2D eigenvalue weighted by Gasteiger charge is 2.17. The summed E-state index contributed by atoms with van der Waals surface area (Å²) in [6, 6.07) is 25.7. The SMILES string of the molecule is CN1c2cc(C#N)cc(c2)N(C)c2cccc(n2)N(C)c2cccc(n2)N(C)c2cccc1n2. The van der Waals surface area contributed by atoms with Crippen molar-refractivity contribution in [3.63, 3.8) is 0 Å². The Balaban J connectivity index is 1.75. The van der Waals surface area contributed by atoms with Crippen LogP contribution in [0.4, 0.5) is 46.3 Å². The predicted molar refractivity (Wildman–Crippen MR) is 136 cm³/mol. The Labute approximate surface area is 199 Å². The summed E-state index contributed by atoms with van der Waals surface area (Å²) in [5, 5.41) is 9.70. The van der Waals surface area contributed by atoms with E-state index < -0.39 is 0 Å². The maximum atomic E-state index is 9.70. The van der Waals surface area contributed by atoms with Crippen LogP contribution in [0, 0.1) is 11.3 Å². The monoisotopic (exact) mass is 448 g/mol. The lowest BCUT2D eigenvalue weighted by Crippen LogP contribution is -2.20. The highest BCUT2D eigenvalue weighted by molar-refractivity contribution is 5.73. The third-order valence-corrected chi connectivity index (χ3v) is 6.03. The van der Waals surface area contributed by atoms with E-state index in [1.54, 1.807) is 0 Å². The quantitative estimate of drug-likeness (QED) is 0.367. The molecule has 0 unspecified atom stereocenters. The summed E-state index contributed by atoms with van der Waals surface area (Å²) in [5.74, 6) is 4.58. The lowest BCUT2D eigenvalue weighted by Gasteiger charge is -2.26. The molecular formula is C26H24N8. The van der Waals surface area contributed by atoms with Crippen LogP contribution in [-0.4, -0.2) is 43.1 Å². The summed E-state index contributed by atoms with van der Waals surface area (Å²) < 4.78 is 0. The van der Waals surface area contributed by atoms with Crippen LogP contribution in [0.5, 0.6) is 0 Å². The second kappa shape index (κ2) is 8.37. The van der Waals surface area contributed by atoms with Crippen molar-refractivity contribution in [2.75, 3.05) is 47.8 Å². The first-order chi connectivity index (χ1) is 16.4. The molecule has 5 rings (SSSR count). The average molecular weight is 449 g/mol. The standard InChI is InChI=1S/C26H24N8/c1-31-19-14-18(17-27)15-20(16-19)32(2)22-9-6-11-24(29-22)34(4)26-13-7-12-25(30-26)33(3)23-10-5-8-21(31)28-23/h5-16H,1-4H3. The Kier molecular flexibility index (Phi) is 5.22. The fourth-order valence-electron chi connectivity index (χ4n) is 3.90. The molecule has 34 heavy (non-hydrogen) atoms. The van der Waals surface area contributed by atoms with Crippen molar-refractivity contribution in [3.05, 3.63) is 78.4 Å². The maximum absolute atomic E-state index is 9.70. The van der Waals surface area contributed by atoms with Gasteiger partial charge < -0.3 is 19.6 Å². The summed E-state index contributed by atoms with van der Waals surface area (Å²) in [5.41, 5.74) is 2.27. The number of anilines is 8. The molecule has 3 aromatic heterocycles.